The Kier molecular flexibility index (Phi) is 3.56. The third-order valence-corrected chi connectivity index (χ3v) is 4.42. The van der Waals surface area contributed by atoms with E-state index < -0.39 is 0 Å². The molecule has 0 atom stereocenters. The summed E-state index contributed by atoms with van der Waals surface area (Å²) in [6.45, 7) is 4.10. The Bertz CT molecular complexity index is 667. The lowest BCUT2D eigenvalue weighted by atomic mass is 10.2. The third kappa shape index (κ3) is 2.47. The zero-order valence-electron chi connectivity index (χ0n) is 11.4. The fraction of sp³-hybridized carbons (Fsp3) is 0.429. The average molecular weight is 310 g/mol. The number of carbonyl (C=O) groups is 1. The molecule has 0 spiro atoms. The van der Waals surface area contributed by atoms with E-state index in [-0.39, 0.29) is 11.9 Å². The number of nitrogens with zero attached hydrogens (tertiary/aromatic N) is 3. The Labute approximate surface area is 126 Å². The molecule has 0 radical (unpaired) electrons. The first-order valence-electron chi connectivity index (χ1n) is 6.69. The van der Waals surface area contributed by atoms with E-state index in [0.717, 1.165) is 23.5 Å². The molecular formula is C14H16ClN3OS. The second-order valence-corrected chi connectivity index (χ2v) is 6.48. The molecule has 1 amide bonds. The minimum Gasteiger partial charge on any atom is -0.334 e. The van der Waals surface area contributed by atoms with Crippen molar-refractivity contribution in [1.82, 2.24) is 14.3 Å². The van der Waals surface area contributed by atoms with Crippen molar-refractivity contribution >= 4 is 39.9 Å². The quantitative estimate of drug-likeness (QED) is 0.811. The highest BCUT2D eigenvalue weighted by Gasteiger charge is 2.33. The molecule has 20 heavy (non-hydrogen) atoms. The highest BCUT2D eigenvalue weighted by molar-refractivity contribution is 7.15. The van der Waals surface area contributed by atoms with Crippen LogP contribution in [0.4, 0.5) is 0 Å². The predicted octanol–water partition coefficient (Wildman–Crippen LogP) is 3.46. The molecule has 0 saturated heterocycles. The summed E-state index contributed by atoms with van der Waals surface area (Å²) in [5.74, 6) is 0.0451. The van der Waals surface area contributed by atoms with E-state index >= 15 is 0 Å². The fourth-order valence-electron chi connectivity index (χ4n) is 2.37. The zero-order valence-corrected chi connectivity index (χ0v) is 13.0. The average Bonchev–Trinajstić information content (AvgIpc) is 3.01. The monoisotopic (exact) mass is 309 g/mol. The standard InChI is InChI=1S/C14H16ClN3OS/c1-9(2)18(10-3-4-10)12(19)6-5-11-13(15)16-14-17(11)7-8-20-14/h5-10H,3-4H2,1-2H3/b6-5+. The lowest BCUT2D eigenvalue weighted by Gasteiger charge is -2.25. The van der Waals surface area contributed by atoms with E-state index in [1.165, 1.54) is 11.3 Å². The van der Waals surface area contributed by atoms with Gasteiger partial charge in [0.05, 0.1) is 5.69 Å². The van der Waals surface area contributed by atoms with Crippen molar-refractivity contribution in [3.05, 3.63) is 28.5 Å². The summed E-state index contributed by atoms with van der Waals surface area (Å²) in [5, 5.41) is 2.38. The van der Waals surface area contributed by atoms with Crippen molar-refractivity contribution in [2.24, 2.45) is 0 Å². The second kappa shape index (κ2) is 5.22. The lowest BCUT2D eigenvalue weighted by molar-refractivity contribution is -0.128. The van der Waals surface area contributed by atoms with Gasteiger partial charge in [-0.15, -0.1) is 11.3 Å². The van der Waals surface area contributed by atoms with Crippen LogP contribution in [0, 0.1) is 0 Å². The molecule has 2 heterocycles. The van der Waals surface area contributed by atoms with E-state index in [9.17, 15) is 4.79 Å². The molecule has 4 nitrogen and oxygen atoms in total. The van der Waals surface area contributed by atoms with Gasteiger partial charge < -0.3 is 4.90 Å². The molecule has 0 bridgehead atoms. The van der Waals surface area contributed by atoms with Crippen molar-refractivity contribution in [2.75, 3.05) is 0 Å². The summed E-state index contributed by atoms with van der Waals surface area (Å²) in [7, 11) is 0. The molecule has 0 aliphatic heterocycles. The molecule has 1 saturated carbocycles. The van der Waals surface area contributed by atoms with Crippen LogP contribution < -0.4 is 0 Å². The van der Waals surface area contributed by atoms with Gasteiger partial charge in [0.25, 0.3) is 0 Å². The van der Waals surface area contributed by atoms with Crippen LogP contribution >= 0.6 is 22.9 Å². The summed E-state index contributed by atoms with van der Waals surface area (Å²) in [6.07, 6.45) is 7.49. The van der Waals surface area contributed by atoms with Crippen LogP contribution in [0.1, 0.15) is 32.4 Å². The van der Waals surface area contributed by atoms with Gasteiger partial charge in [-0.1, -0.05) is 11.6 Å². The van der Waals surface area contributed by atoms with Crippen LogP contribution in [0.5, 0.6) is 0 Å². The van der Waals surface area contributed by atoms with Gasteiger partial charge in [0.15, 0.2) is 10.1 Å². The van der Waals surface area contributed by atoms with Crippen LogP contribution in [0.3, 0.4) is 0 Å². The number of halogens is 1. The molecule has 1 aliphatic rings. The molecule has 0 N–H and O–H groups in total. The van der Waals surface area contributed by atoms with Gasteiger partial charge in [-0.2, -0.15) is 0 Å². The molecule has 1 aliphatic carbocycles. The van der Waals surface area contributed by atoms with E-state index in [0.29, 0.717) is 11.2 Å². The second-order valence-electron chi connectivity index (χ2n) is 5.25. The van der Waals surface area contributed by atoms with E-state index in [1.807, 2.05) is 34.7 Å². The van der Waals surface area contributed by atoms with Crippen molar-refractivity contribution in [3.8, 4) is 0 Å². The molecule has 2 aromatic heterocycles. The van der Waals surface area contributed by atoms with E-state index in [2.05, 4.69) is 4.98 Å². The summed E-state index contributed by atoms with van der Waals surface area (Å²) in [6, 6.07) is 0.635. The van der Waals surface area contributed by atoms with Crippen molar-refractivity contribution in [3.63, 3.8) is 0 Å². The molecule has 0 unspecified atom stereocenters. The van der Waals surface area contributed by atoms with Gasteiger partial charge in [0.1, 0.15) is 0 Å². The highest BCUT2D eigenvalue weighted by atomic mass is 35.5. The van der Waals surface area contributed by atoms with Crippen LogP contribution in [-0.4, -0.2) is 32.3 Å². The number of aromatic nitrogens is 2. The number of imidazole rings is 1. The summed E-state index contributed by atoms with van der Waals surface area (Å²) in [4.78, 5) is 19.3. The first kappa shape index (κ1) is 13.6. The van der Waals surface area contributed by atoms with Gasteiger partial charge in [-0.3, -0.25) is 9.20 Å². The van der Waals surface area contributed by atoms with Gasteiger partial charge in [0, 0.05) is 29.7 Å². The first-order chi connectivity index (χ1) is 9.58. The minimum absolute atomic E-state index is 0.0451. The summed E-state index contributed by atoms with van der Waals surface area (Å²) in [5.41, 5.74) is 0.760. The number of hydrogen-bond acceptors (Lipinski definition) is 3. The van der Waals surface area contributed by atoms with Crippen molar-refractivity contribution in [2.45, 2.75) is 38.8 Å². The largest absolute Gasteiger partial charge is 0.334 e. The Morgan fingerprint density at radius 1 is 1.60 bits per heavy atom. The molecule has 106 valence electrons. The Morgan fingerprint density at radius 2 is 2.35 bits per heavy atom. The maximum Gasteiger partial charge on any atom is 0.247 e. The first-order valence-corrected chi connectivity index (χ1v) is 7.95. The lowest BCUT2D eigenvalue weighted by Crippen LogP contribution is -2.37. The fourth-order valence-corrected chi connectivity index (χ4v) is 3.38. The van der Waals surface area contributed by atoms with Crippen molar-refractivity contribution in [1.29, 1.82) is 0 Å². The maximum absolute atomic E-state index is 12.3. The predicted molar refractivity (Wildman–Crippen MR) is 82.1 cm³/mol. The number of carbonyl (C=O) groups excluding carboxylic acids is 1. The molecule has 6 heteroatoms. The van der Waals surface area contributed by atoms with Crippen LogP contribution in [0.15, 0.2) is 17.7 Å². The van der Waals surface area contributed by atoms with Crippen LogP contribution in [-0.2, 0) is 4.79 Å². The normalized spacial score (nSPS) is 15.6. The van der Waals surface area contributed by atoms with Gasteiger partial charge in [0.2, 0.25) is 5.91 Å². The molecule has 3 rings (SSSR count). The van der Waals surface area contributed by atoms with Crippen molar-refractivity contribution < 1.29 is 4.79 Å². The van der Waals surface area contributed by atoms with Gasteiger partial charge >= 0.3 is 0 Å². The Hall–Kier alpha value is -1.33. The highest BCUT2D eigenvalue weighted by Crippen LogP contribution is 2.29. The van der Waals surface area contributed by atoms with Gasteiger partial charge in [-0.25, -0.2) is 4.98 Å². The van der Waals surface area contributed by atoms with E-state index in [1.54, 1.807) is 12.2 Å². The summed E-state index contributed by atoms with van der Waals surface area (Å²) < 4.78 is 1.90. The summed E-state index contributed by atoms with van der Waals surface area (Å²) >= 11 is 7.63. The van der Waals surface area contributed by atoms with Crippen LogP contribution in [0.25, 0.3) is 11.0 Å². The Balaban J connectivity index is 1.84. The maximum atomic E-state index is 12.3. The molecule has 1 fully saturated rings. The molecule has 2 aromatic rings. The van der Waals surface area contributed by atoms with Gasteiger partial charge in [-0.05, 0) is 32.8 Å². The minimum atomic E-state index is 0.0451. The number of amides is 1. The topological polar surface area (TPSA) is 37.6 Å². The number of thiazole rings is 1. The number of rotatable bonds is 4. The van der Waals surface area contributed by atoms with Crippen LogP contribution in [0.2, 0.25) is 5.15 Å². The van der Waals surface area contributed by atoms with E-state index in [4.69, 9.17) is 11.6 Å². The third-order valence-electron chi connectivity index (χ3n) is 3.39. The zero-order chi connectivity index (χ0) is 14.3. The Morgan fingerprint density at radius 3 is 3.00 bits per heavy atom. The molecular weight excluding hydrogens is 294 g/mol. The number of fused-ring (bicyclic) bond motifs is 1. The molecule has 0 aromatic carbocycles. The smallest absolute Gasteiger partial charge is 0.247 e. The SMILES string of the molecule is CC(C)N(C(=O)/C=C/c1c(Cl)nc2sccn12)C1CC1. The number of hydrogen-bond donors (Lipinski definition) is 0.